The summed E-state index contributed by atoms with van der Waals surface area (Å²) in [5, 5.41) is 3.09. The summed E-state index contributed by atoms with van der Waals surface area (Å²) >= 11 is 0. The van der Waals surface area contributed by atoms with Gasteiger partial charge in [-0.3, -0.25) is 10.1 Å². The molecular weight excluding hydrogens is 285 g/mol. The molecule has 1 amide bonds. The van der Waals surface area contributed by atoms with Gasteiger partial charge in [0, 0.05) is 6.54 Å². The van der Waals surface area contributed by atoms with Gasteiger partial charge >= 0.3 is 6.36 Å². The van der Waals surface area contributed by atoms with Crippen LogP contribution in [-0.2, 0) is 4.79 Å². The van der Waals surface area contributed by atoms with Gasteiger partial charge in [-0.2, -0.15) is 0 Å². The number of halogens is 3. The summed E-state index contributed by atoms with van der Waals surface area (Å²) in [6.45, 7) is 0.968. The second-order valence-corrected chi connectivity index (χ2v) is 5.39. The molecule has 7 heteroatoms. The molecule has 0 aromatic heterocycles. The van der Waals surface area contributed by atoms with Crippen molar-refractivity contribution < 1.29 is 22.7 Å². The molecule has 0 bridgehead atoms. The van der Waals surface area contributed by atoms with Crippen LogP contribution in [0.5, 0.6) is 5.75 Å². The molecule has 1 N–H and O–H groups in total. The molecule has 1 unspecified atom stereocenters. The predicted octanol–water partition coefficient (Wildman–Crippen LogP) is 2.43. The van der Waals surface area contributed by atoms with E-state index in [1.165, 1.54) is 12.1 Å². The lowest BCUT2D eigenvalue weighted by Gasteiger charge is -2.24. The number of ether oxygens (including phenoxy) is 1. The van der Waals surface area contributed by atoms with E-state index in [4.69, 9.17) is 0 Å². The SMILES string of the molecule is O=C1CNC(c2ccc(OC(F)(F)F)cc2)N1CC1CC1. The Balaban J connectivity index is 1.71. The third-order valence-corrected chi connectivity index (χ3v) is 3.66. The molecule has 0 spiro atoms. The molecule has 1 aromatic carbocycles. The van der Waals surface area contributed by atoms with Gasteiger partial charge in [0.25, 0.3) is 0 Å². The number of nitrogens with zero attached hydrogens (tertiary/aromatic N) is 1. The Morgan fingerprint density at radius 1 is 1.24 bits per heavy atom. The molecule has 114 valence electrons. The van der Waals surface area contributed by atoms with E-state index in [0.29, 0.717) is 12.5 Å². The molecule has 21 heavy (non-hydrogen) atoms. The van der Waals surface area contributed by atoms with Gasteiger partial charge in [-0.1, -0.05) is 12.1 Å². The average Bonchev–Trinajstić information content (AvgIpc) is 3.14. The number of carbonyl (C=O) groups excluding carboxylic acids is 1. The van der Waals surface area contributed by atoms with E-state index in [9.17, 15) is 18.0 Å². The van der Waals surface area contributed by atoms with Crippen molar-refractivity contribution in [3.8, 4) is 5.75 Å². The Morgan fingerprint density at radius 3 is 2.48 bits per heavy atom. The molecule has 0 radical (unpaired) electrons. The minimum Gasteiger partial charge on any atom is -0.406 e. The number of hydrogen-bond donors (Lipinski definition) is 1. The summed E-state index contributed by atoms with van der Waals surface area (Å²) < 4.78 is 40.2. The predicted molar refractivity (Wildman–Crippen MR) is 68.3 cm³/mol. The third-order valence-electron chi connectivity index (χ3n) is 3.66. The molecule has 1 heterocycles. The van der Waals surface area contributed by atoms with Gasteiger partial charge in [0.15, 0.2) is 0 Å². The van der Waals surface area contributed by atoms with E-state index in [1.807, 2.05) is 0 Å². The molecule has 1 saturated heterocycles. The van der Waals surface area contributed by atoms with Crippen molar-refractivity contribution in [2.75, 3.05) is 13.1 Å². The maximum atomic E-state index is 12.1. The van der Waals surface area contributed by atoms with E-state index in [0.717, 1.165) is 18.4 Å². The highest BCUT2D eigenvalue weighted by atomic mass is 19.4. The van der Waals surface area contributed by atoms with Gasteiger partial charge in [-0.15, -0.1) is 13.2 Å². The standard InChI is InChI=1S/C14H15F3N2O2/c15-14(16,17)21-11-5-3-10(4-6-11)13-18-7-12(20)19(13)8-9-1-2-9/h3-6,9,13,18H,1-2,7-8H2. The molecule has 1 aromatic rings. The fourth-order valence-corrected chi connectivity index (χ4v) is 2.48. The van der Waals surface area contributed by atoms with E-state index in [1.54, 1.807) is 17.0 Å². The summed E-state index contributed by atoms with van der Waals surface area (Å²) in [6, 6.07) is 5.64. The number of alkyl halides is 3. The Bertz CT molecular complexity index is 526. The molecular formula is C14H15F3N2O2. The first-order valence-corrected chi connectivity index (χ1v) is 6.81. The summed E-state index contributed by atoms with van der Waals surface area (Å²) in [5.41, 5.74) is 0.760. The van der Waals surface area contributed by atoms with Crippen LogP contribution in [-0.4, -0.2) is 30.3 Å². The Hall–Kier alpha value is -1.76. The van der Waals surface area contributed by atoms with Crippen LogP contribution in [0.3, 0.4) is 0 Å². The number of carbonyl (C=O) groups is 1. The van der Waals surface area contributed by atoms with Crippen LogP contribution in [0.1, 0.15) is 24.6 Å². The molecule has 1 aliphatic carbocycles. The first-order valence-electron chi connectivity index (χ1n) is 6.81. The summed E-state index contributed by atoms with van der Waals surface area (Å²) in [7, 11) is 0. The molecule has 2 aliphatic rings. The van der Waals surface area contributed by atoms with E-state index < -0.39 is 6.36 Å². The Kier molecular flexibility index (Phi) is 3.52. The van der Waals surface area contributed by atoms with Gasteiger partial charge in [0.05, 0.1) is 6.54 Å². The quantitative estimate of drug-likeness (QED) is 0.928. The highest BCUT2D eigenvalue weighted by molar-refractivity contribution is 5.81. The molecule has 3 rings (SSSR count). The van der Waals surface area contributed by atoms with Crippen LogP contribution in [0.2, 0.25) is 0 Å². The van der Waals surface area contributed by atoms with Gasteiger partial charge in [0.1, 0.15) is 11.9 Å². The van der Waals surface area contributed by atoms with Crippen LogP contribution in [0, 0.1) is 5.92 Å². The van der Waals surface area contributed by atoms with Crippen molar-refractivity contribution in [3.05, 3.63) is 29.8 Å². The lowest BCUT2D eigenvalue weighted by molar-refractivity contribution is -0.274. The van der Waals surface area contributed by atoms with Gasteiger partial charge in [-0.05, 0) is 36.5 Å². The molecule has 1 atom stereocenters. The van der Waals surface area contributed by atoms with Crippen LogP contribution < -0.4 is 10.1 Å². The Morgan fingerprint density at radius 2 is 1.90 bits per heavy atom. The summed E-state index contributed by atoms with van der Waals surface area (Å²) in [5.74, 6) is 0.330. The molecule has 1 saturated carbocycles. The monoisotopic (exact) mass is 300 g/mol. The van der Waals surface area contributed by atoms with Crippen molar-refractivity contribution in [1.29, 1.82) is 0 Å². The smallest absolute Gasteiger partial charge is 0.406 e. The first-order chi connectivity index (χ1) is 9.92. The highest BCUT2D eigenvalue weighted by Crippen LogP contribution is 2.34. The second kappa shape index (κ2) is 5.22. The average molecular weight is 300 g/mol. The first kappa shape index (κ1) is 14.2. The van der Waals surface area contributed by atoms with Crippen LogP contribution in [0.25, 0.3) is 0 Å². The minimum atomic E-state index is -4.69. The topological polar surface area (TPSA) is 41.6 Å². The van der Waals surface area contributed by atoms with Crippen LogP contribution in [0.4, 0.5) is 13.2 Å². The zero-order valence-corrected chi connectivity index (χ0v) is 11.2. The number of nitrogens with one attached hydrogen (secondary N) is 1. The molecule has 4 nitrogen and oxygen atoms in total. The molecule has 1 aliphatic heterocycles. The highest BCUT2D eigenvalue weighted by Gasteiger charge is 2.36. The fraction of sp³-hybridized carbons (Fsp3) is 0.500. The van der Waals surface area contributed by atoms with Crippen LogP contribution >= 0.6 is 0 Å². The maximum absolute atomic E-state index is 12.1. The van der Waals surface area contributed by atoms with Gasteiger partial charge in [0.2, 0.25) is 5.91 Å². The van der Waals surface area contributed by atoms with E-state index >= 15 is 0 Å². The number of amides is 1. The number of rotatable bonds is 4. The van der Waals surface area contributed by atoms with Crippen molar-refractivity contribution >= 4 is 5.91 Å². The Labute approximate surface area is 119 Å². The van der Waals surface area contributed by atoms with E-state index in [-0.39, 0.29) is 24.4 Å². The van der Waals surface area contributed by atoms with Crippen molar-refractivity contribution in [1.82, 2.24) is 10.2 Å². The second-order valence-electron chi connectivity index (χ2n) is 5.39. The summed E-state index contributed by atoms with van der Waals surface area (Å²) in [4.78, 5) is 13.6. The number of hydrogen-bond acceptors (Lipinski definition) is 3. The number of benzene rings is 1. The van der Waals surface area contributed by atoms with Gasteiger partial charge < -0.3 is 9.64 Å². The lowest BCUT2D eigenvalue weighted by atomic mass is 10.1. The van der Waals surface area contributed by atoms with Crippen molar-refractivity contribution in [2.24, 2.45) is 5.92 Å². The molecule has 2 fully saturated rings. The normalized spacial score (nSPS) is 22.7. The van der Waals surface area contributed by atoms with Crippen molar-refractivity contribution in [3.63, 3.8) is 0 Å². The third kappa shape index (κ3) is 3.47. The fourth-order valence-electron chi connectivity index (χ4n) is 2.48. The zero-order valence-electron chi connectivity index (χ0n) is 11.2. The van der Waals surface area contributed by atoms with E-state index in [2.05, 4.69) is 10.1 Å². The largest absolute Gasteiger partial charge is 0.573 e. The zero-order chi connectivity index (χ0) is 15.0. The minimum absolute atomic E-state index is 0.0301. The maximum Gasteiger partial charge on any atom is 0.573 e. The lowest BCUT2D eigenvalue weighted by Crippen LogP contribution is -2.32. The summed E-state index contributed by atoms with van der Waals surface area (Å²) in [6.07, 6.45) is -2.69. The van der Waals surface area contributed by atoms with Gasteiger partial charge in [-0.25, -0.2) is 0 Å². The van der Waals surface area contributed by atoms with Crippen LogP contribution in [0.15, 0.2) is 24.3 Å². The van der Waals surface area contributed by atoms with Crippen molar-refractivity contribution in [2.45, 2.75) is 25.4 Å².